The van der Waals surface area contributed by atoms with Gasteiger partial charge in [0.15, 0.2) is 0 Å². The number of nitrogens with one attached hydrogen (secondary N) is 1. The molecule has 9 heteroatoms. The van der Waals surface area contributed by atoms with Crippen molar-refractivity contribution < 1.29 is 33.1 Å². The second kappa shape index (κ2) is 9.00. The Morgan fingerprint density at radius 2 is 1.77 bits per heavy atom. The molecule has 0 unspecified atom stereocenters. The third-order valence-electron chi connectivity index (χ3n) is 5.15. The molecule has 1 heterocycles. The first-order chi connectivity index (χ1) is 14.1. The number of hydrogen-bond acceptors (Lipinski definition) is 5. The van der Waals surface area contributed by atoms with Crippen LogP contribution in [0.1, 0.15) is 59.6 Å². The van der Waals surface area contributed by atoms with E-state index in [1.54, 1.807) is 32.9 Å². The first kappa shape index (κ1) is 24.9. The van der Waals surface area contributed by atoms with Crippen molar-refractivity contribution in [2.24, 2.45) is 0 Å². The highest BCUT2D eigenvalue weighted by atomic mass is 19.1. The van der Waals surface area contributed by atoms with Gasteiger partial charge in [-0.2, -0.15) is 0 Å². The quantitative estimate of drug-likeness (QED) is 0.657. The maximum atomic E-state index is 14.6. The highest BCUT2D eigenvalue weighted by Gasteiger charge is 2.52. The summed E-state index contributed by atoms with van der Waals surface area (Å²) < 4.78 is 32.0. The van der Waals surface area contributed by atoms with Crippen LogP contribution in [-0.2, 0) is 25.3 Å². The van der Waals surface area contributed by atoms with Crippen LogP contribution in [0.4, 0.5) is 9.18 Å². The molecule has 1 aromatic carbocycles. The minimum absolute atomic E-state index is 0.0159. The Morgan fingerprint density at radius 3 is 2.26 bits per heavy atom. The monoisotopic (exact) mass is 435 g/mol. The number of alkyl carbamates (subject to hydrolysis) is 1. The zero-order valence-corrected chi connectivity index (χ0v) is 19.2. The number of carboxylic acids is 1. The molecule has 1 saturated heterocycles. The highest BCUT2D eigenvalue weighted by Crippen LogP contribution is 2.38. The molecule has 1 fully saturated rings. The fourth-order valence-electron chi connectivity index (χ4n) is 2.86. The topological polar surface area (TPSA) is 94.1 Å². The molecule has 0 atom stereocenters. The summed E-state index contributed by atoms with van der Waals surface area (Å²) in [6.45, 7) is 12.9. The molecule has 170 valence electrons. The van der Waals surface area contributed by atoms with Gasteiger partial charge in [0.1, 0.15) is 11.4 Å². The van der Waals surface area contributed by atoms with Crippen LogP contribution in [0.2, 0.25) is 0 Å². The molecule has 1 aliphatic rings. The van der Waals surface area contributed by atoms with E-state index in [0.717, 1.165) is 0 Å². The molecule has 0 spiro atoms. The molecular weight excluding hydrogens is 404 g/mol. The minimum atomic E-state index is -1.04. The Hall–Kier alpha value is -2.39. The SMILES string of the molecule is CC(C)(C)OC(=O)NCC(=Cc1ccc(CC(=O)O)cc1F)B1OC(C)(C)C(C)(C)O1. The van der Waals surface area contributed by atoms with Gasteiger partial charge in [-0.3, -0.25) is 4.79 Å². The standard InChI is InChI=1S/C22H31BFNO6/c1-20(2,3)29-19(28)25-13-16(23-30-21(4,5)22(6,7)31-23)12-15-9-8-14(10-17(15)24)11-18(26)27/h8-10,12H,11,13H2,1-7H3,(H,25,28)(H,26,27). The molecule has 0 aromatic heterocycles. The lowest BCUT2D eigenvalue weighted by molar-refractivity contribution is -0.136. The second-order valence-corrected chi connectivity index (χ2v) is 9.59. The number of benzene rings is 1. The Balaban J connectivity index is 2.31. The van der Waals surface area contributed by atoms with E-state index in [4.69, 9.17) is 19.2 Å². The number of carbonyl (C=O) groups is 2. The zero-order chi connectivity index (χ0) is 23.6. The lowest BCUT2D eigenvalue weighted by Gasteiger charge is -2.32. The molecule has 0 bridgehead atoms. The molecule has 1 aromatic rings. The smallest absolute Gasteiger partial charge is 0.481 e. The molecule has 2 N–H and O–H groups in total. The van der Waals surface area contributed by atoms with Gasteiger partial charge in [0.25, 0.3) is 0 Å². The Bertz CT molecular complexity index is 859. The number of carboxylic acid groups (broad SMARTS) is 1. The van der Waals surface area contributed by atoms with Crippen LogP contribution in [0.15, 0.2) is 23.7 Å². The summed E-state index contributed by atoms with van der Waals surface area (Å²) in [5.41, 5.74) is -0.825. The van der Waals surface area contributed by atoms with E-state index in [1.165, 1.54) is 12.1 Å². The lowest BCUT2D eigenvalue weighted by Crippen LogP contribution is -2.41. The van der Waals surface area contributed by atoms with E-state index in [1.807, 2.05) is 27.7 Å². The first-order valence-corrected chi connectivity index (χ1v) is 10.1. The number of carbonyl (C=O) groups excluding carboxylic acids is 1. The van der Waals surface area contributed by atoms with E-state index in [0.29, 0.717) is 11.0 Å². The van der Waals surface area contributed by atoms with Crippen molar-refractivity contribution in [2.45, 2.75) is 71.7 Å². The van der Waals surface area contributed by atoms with Crippen LogP contribution in [-0.4, -0.2) is 47.6 Å². The summed E-state index contributed by atoms with van der Waals surface area (Å²) in [5, 5.41) is 11.6. The summed E-state index contributed by atoms with van der Waals surface area (Å²) in [6, 6.07) is 4.22. The number of rotatable bonds is 6. The van der Waals surface area contributed by atoms with Crippen LogP contribution in [0.3, 0.4) is 0 Å². The highest BCUT2D eigenvalue weighted by molar-refractivity contribution is 6.56. The molecular formula is C22H31BFNO6. The van der Waals surface area contributed by atoms with Crippen molar-refractivity contribution in [1.82, 2.24) is 5.32 Å². The minimum Gasteiger partial charge on any atom is -0.481 e. The predicted octanol–water partition coefficient (Wildman–Crippen LogP) is 3.99. The molecule has 0 aliphatic carbocycles. The van der Waals surface area contributed by atoms with E-state index in [2.05, 4.69) is 5.32 Å². The number of hydrogen-bond donors (Lipinski definition) is 2. The van der Waals surface area contributed by atoms with Gasteiger partial charge in [-0.25, -0.2) is 9.18 Å². The average molecular weight is 435 g/mol. The molecule has 7 nitrogen and oxygen atoms in total. The number of halogens is 1. The van der Waals surface area contributed by atoms with Crippen LogP contribution in [0, 0.1) is 5.82 Å². The third kappa shape index (κ3) is 6.80. The van der Waals surface area contributed by atoms with Crippen molar-refractivity contribution >= 4 is 25.3 Å². The van der Waals surface area contributed by atoms with Crippen molar-refractivity contribution in [3.8, 4) is 0 Å². The lowest BCUT2D eigenvalue weighted by atomic mass is 9.77. The van der Waals surface area contributed by atoms with Crippen molar-refractivity contribution in [1.29, 1.82) is 0 Å². The Morgan fingerprint density at radius 1 is 1.19 bits per heavy atom. The van der Waals surface area contributed by atoms with E-state index in [9.17, 15) is 14.0 Å². The van der Waals surface area contributed by atoms with Crippen LogP contribution in [0.25, 0.3) is 6.08 Å². The molecule has 2 rings (SSSR count). The second-order valence-electron chi connectivity index (χ2n) is 9.59. The molecule has 31 heavy (non-hydrogen) atoms. The summed E-state index contributed by atoms with van der Waals surface area (Å²) in [5.74, 6) is -1.62. The maximum Gasteiger partial charge on any atom is 0.492 e. The Kier molecular flexibility index (Phi) is 7.23. The van der Waals surface area contributed by atoms with Gasteiger partial charge < -0.3 is 24.5 Å². The van der Waals surface area contributed by atoms with Crippen molar-refractivity contribution in [3.05, 3.63) is 40.6 Å². The summed E-state index contributed by atoms with van der Waals surface area (Å²) >= 11 is 0. The normalized spacial score (nSPS) is 18.1. The number of amides is 1. The van der Waals surface area contributed by atoms with Crippen LogP contribution in [0.5, 0.6) is 0 Å². The molecule has 1 aliphatic heterocycles. The largest absolute Gasteiger partial charge is 0.492 e. The fourth-order valence-corrected chi connectivity index (χ4v) is 2.86. The summed E-state index contributed by atoms with van der Waals surface area (Å²) in [7, 11) is -0.807. The fraction of sp³-hybridized carbons (Fsp3) is 0.545. The number of ether oxygens (including phenoxy) is 1. The van der Waals surface area contributed by atoms with Gasteiger partial charge in [-0.05, 0) is 65.6 Å². The van der Waals surface area contributed by atoms with E-state index >= 15 is 0 Å². The predicted molar refractivity (Wildman–Crippen MR) is 116 cm³/mol. The summed E-state index contributed by atoms with van der Waals surface area (Å²) in [6.07, 6.45) is 0.650. The molecule has 0 saturated carbocycles. The number of aliphatic carboxylic acids is 1. The van der Waals surface area contributed by atoms with Gasteiger partial charge in [0.2, 0.25) is 0 Å². The average Bonchev–Trinajstić information content (AvgIpc) is 2.78. The van der Waals surface area contributed by atoms with E-state index in [-0.39, 0.29) is 18.5 Å². The van der Waals surface area contributed by atoms with Gasteiger partial charge >= 0.3 is 19.2 Å². The molecule has 1 amide bonds. The zero-order valence-electron chi connectivity index (χ0n) is 19.2. The van der Waals surface area contributed by atoms with Crippen LogP contribution >= 0.6 is 0 Å². The molecule has 0 radical (unpaired) electrons. The summed E-state index contributed by atoms with van der Waals surface area (Å²) in [4.78, 5) is 23.0. The van der Waals surface area contributed by atoms with Crippen molar-refractivity contribution in [3.63, 3.8) is 0 Å². The van der Waals surface area contributed by atoms with Gasteiger partial charge in [0.05, 0.1) is 17.6 Å². The van der Waals surface area contributed by atoms with Gasteiger partial charge in [-0.1, -0.05) is 18.2 Å². The Labute approximate surface area is 183 Å². The first-order valence-electron chi connectivity index (χ1n) is 10.1. The van der Waals surface area contributed by atoms with E-state index < -0.39 is 41.8 Å². The van der Waals surface area contributed by atoms with Crippen LogP contribution < -0.4 is 5.32 Å². The third-order valence-corrected chi connectivity index (χ3v) is 5.15. The maximum absolute atomic E-state index is 14.6. The van der Waals surface area contributed by atoms with Gasteiger partial charge in [0, 0.05) is 12.1 Å². The van der Waals surface area contributed by atoms with Crippen molar-refractivity contribution in [2.75, 3.05) is 6.54 Å². The van der Waals surface area contributed by atoms with Gasteiger partial charge in [-0.15, -0.1) is 0 Å².